The molecule has 4 atom stereocenters. The summed E-state index contributed by atoms with van der Waals surface area (Å²) in [6, 6.07) is 10.8. The molecule has 1 heterocycles. The summed E-state index contributed by atoms with van der Waals surface area (Å²) in [5.74, 6) is -3.17. The van der Waals surface area contributed by atoms with Crippen LogP contribution in [-0.2, 0) is 38.4 Å². The van der Waals surface area contributed by atoms with Crippen LogP contribution >= 0.6 is 0 Å². The second-order valence-electron chi connectivity index (χ2n) is 9.14. The summed E-state index contributed by atoms with van der Waals surface area (Å²) in [5.41, 5.74) is 8.14. The van der Waals surface area contributed by atoms with Crippen LogP contribution in [0.3, 0.4) is 0 Å². The van der Waals surface area contributed by atoms with Crippen molar-refractivity contribution in [3.8, 4) is 5.75 Å². The predicted octanol–water partition coefficient (Wildman–Crippen LogP) is 0.0294. The predicted molar refractivity (Wildman–Crippen MR) is 141 cm³/mol. The van der Waals surface area contributed by atoms with E-state index < -0.39 is 47.9 Å². The van der Waals surface area contributed by atoms with E-state index in [0.717, 1.165) is 5.56 Å². The maximum absolute atomic E-state index is 13.4. The highest BCUT2D eigenvalue weighted by atomic mass is 16.4. The Morgan fingerprint density at radius 3 is 2.05 bits per heavy atom. The Morgan fingerprint density at radius 1 is 0.846 bits per heavy atom. The number of imidazole rings is 1. The number of aromatic nitrogens is 2. The van der Waals surface area contributed by atoms with Crippen molar-refractivity contribution in [3.63, 3.8) is 0 Å². The number of amides is 3. The first-order chi connectivity index (χ1) is 18.6. The highest BCUT2D eigenvalue weighted by Crippen LogP contribution is 2.12. The van der Waals surface area contributed by atoms with E-state index in [-0.39, 0.29) is 25.0 Å². The highest BCUT2D eigenvalue weighted by Gasteiger charge is 2.30. The van der Waals surface area contributed by atoms with E-state index in [9.17, 15) is 29.4 Å². The summed E-state index contributed by atoms with van der Waals surface area (Å²) >= 11 is 0. The number of carbonyl (C=O) groups is 4. The SMILES string of the molecule is CC(NC(=O)C(Cc1ccc(O)cc1)NC(=O)C(Cc1cnc[nH]1)NC(=O)C(N)Cc1ccccc1)C(=O)O. The van der Waals surface area contributed by atoms with Gasteiger partial charge in [-0.1, -0.05) is 42.5 Å². The number of nitrogens with two attached hydrogens (primary N) is 1. The summed E-state index contributed by atoms with van der Waals surface area (Å²) < 4.78 is 0. The van der Waals surface area contributed by atoms with Crippen molar-refractivity contribution < 1.29 is 29.4 Å². The van der Waals surface area contributed by atoms with Gasteiger partial charge < -0.3 is 36.9 Å². The molecule has 12 nitrogen and oxygen atoms in total. The largest absolute Gasteiger partial charge is 0.508 e. The third-order valence-electron chi connectivity index (χ3n) is 5.99. The average Bonchev–Trinajstić information content (AvgIpc) is 3.42. The molecule has 3 rings (SSSR count). The van der Waals surface area contributed by atoms with Gasteiger partial charge in [-0.3, -0.25) is 19.2 Å². The number of benzene rings is 2. The Morgan fingerprint density at radius 2 is 1.44 bits per heavy atom. The molecule has 8 N–H and O–H groups in total. The van der Waals surface area contributed by atoms with Crippen LogP contribution in [0.15, 0.2) is 67.1 Å². The molecule has 0 aliphatic carbocycles. The summed E-state index contributed by atoms with van der Waals surface area (Å²) in [6.45, 7) is 1.30. The van der Waals surface area contributed by atoms with Gasteiger partial charge in [0.05, 0.1) is 12.4 Å². The third kappa shape index (κ3) is 8.97. The topological polar surface area (TPSA) is 200 Å². The van der Waals surface area contributed by atoms with Gasteiger partial charge in [-0.25, -0.2) is 4.98 Å². The summed E-state index contributed by atoms with van der Waals surface area (Å²) in [5, 5.41) is 26.4. The summed E-state index contributed by atoms with van der Waals surface area (Å²) in [4.78, 5) is 57.4. The number of nitrogens with one attached hydrogen (secondary N) is 4. The minimum Gasteiger partial charge on any atom is -0.508 e. The minimum atomic E-state index is -1.24. The fraction of sp³-hybridized carbons (Fsp3) is 0.296. The molecule has 0 saturated carbocycles. The van der Waals surface area contributed by atoms with Crippen LogP contribution in [-0.4, -0.2) is 68.0 Å². The lowest BCUT2D eigenvalue weighted by atomic mass is 10.0. The molecule has 1 aromatic heterocycles. The Balaban J connectivity index is 1.78. The smallest absolute Gasteiger partial charge is 0.325 e. The number of carbonyl (C=O) groups excluding carboxylic acids is 3. The molecule has 0 fully saturated rings. The zero-order valence-corrected chi connectivity index (χ0v) is 21.3. The van der Waals surface area contributed by atoms with Crippen molar-refractivity contribution in [2.24, 2.45) is 5.73 Å². The molecular weight excluding hydrogens is 504 g/mol. The molecule has 206 valence electrons. The van der Waals surface area contributed by atoms with E-state index in [1.54, 1.807) is 12.1 Å². The van der Waals surface area contributed by atoms with Gasteiger partial charge >= 0.3 is 5.97 Å². The Kier molecular flexibility index (Phi) is 10.2. The van der Waals surface area contributed by atoms with Gasteiger partial charge in [-0.2, -0.15) is 0 Å². The van der Waals surface area contributed by atoms with Crippen LogP contribution in [0.4, 0.5) is 0 Å². The lowest BCUT2D eigenvalue weighted by Gasteiger charge is -2.25. The standard InChI is InChI=1S/C27H32N6O6/c1-16(27(38)39)31-25(36)22(12-18-7-9-20(34)10-8-18)33-26(37)23(13-19-14-29-15-30-19)32-24(35)21(28)11-17-5-3-2-4-6-17/h2-10,14-16,21-23,34H,11-13,28H2,1H3,(H,29,30)(H,31,36)(H,32,35)(H,33,37)(H,38,39). The zero-order chi connectivity index (χ0) is 28.4. The third-order valence-corrected chi connectivity index (χ3v) is 5.99. The molecule has 4 unspecified atom stereocenters. The first kappa shape index (κ1) is 28.9. The van der Waals surface area contributed by atoms with Crippen molar-refractivity contribution in [2.45, 2.75) is 50.4 Å². The van der Waals surface area contributed by atoms with E-state index in [1.165, 1.54) is 31.6 Å². The number of aromatic amines is 1. The normalized spacial score (nSPS) is 13.9. The van der Waals surface area contributed by atoms with Crippen molar-refractivity contribution >= 4 is 23.7 Å². The Labute approximate surface area is 225 Å². The second kappa shape index (κ2) is 13.7. The van der Waals surface area contributed by atoms with Gasteiger partial charge in [-0.15, -0.1) is 0 Å². The zero-order valence-electron chi connectivity index (χ0n) is 21.3. The van der Waals surface area contributed by atoms with Crippen molar-refractivity contribution in [1.29, 1.82) is 0 Å². The van der Waals surface area contributed by atoms with Crippen LogP contribution in [0, 0.1) is 0 Å². The number of aromatic hydroxyl groups is 1. The quantitative estimate of drug-likeness (QED) is 0.159. The number of H-pyrrole nitrogens is 1. The number of nitrogens with zero attached hydrogens (tertiary/aromatic N) is 1. The van der Waals surface area contributed by atoms with E-state index in [1.807, 2.05) is 30.3 Å². The molecule has 3 amide bonds. The first-order valence-electron chi connectivity index (χ1n) is 12.3. The molecule has 2 aromatic carbocycles. The maximum Gasteiger partial charge on any atom is 0.325 e. The van der Waals surface area contributed by atoms with E-state index >= 15 is 0 Å². The fourth-order valence-corrected chi connectivity index (χ4v) is 3.79. The first-order valence-corrected chi connectivity index (χ1v) is 12.3. The van der Waals surface area contributed by atoms with Crippen molar-refractivity contribution in [2.75, 3.05) is 0 Å². The Hall–Kier alpha value is -4.71. The lowest BCUT2D eigenvalue weighted by molar-refractivity contribution is -0.141. The molecule has 0 aliphatic heterocycles. The van der Waals surface area contributed by atoms with Gasteiger partial charge in [0, 0.05) is 24.7 Å². The molecule has 0 radical (unpaired) electrons. The monoisotopic (exact) mass is 536 g/mol. The number of rotatable bonds is 13. The minimum absolute atomic E-state index is 0.00242. The van der Waals surface area contributed by atoms with Crippen LogP contribution < -0.4 is 21.7 Å². The van der Waals surface area contributed by atoms with Gasteiger partial charge in [0.15, 0.2) is 0 Å². The van der Waals surface area contributed by atoms with Crippen LogP contribution in [0.25, 0.3) is 0 Å². The van der Waals surface area contributed by atoms with Crippen LogP contribution in [0.5, 0.6) is 5.75 Å². The van der Waals surface area contributed by atoms with Crippen LogP contribution in [0.1, 0.15) is 23.7 Å². The number of phenols is 1. The maximum atomic E-state index is 13.4. The van der Waals surface area contributed by atoms with Crippen molar-refractivity contribution in [1.82, 2.24) is 25.9 Å². The molecule has 0 bridgehead atoms. The van der Waals surface area contributed by atoms with E-state index in [0.29, 0.717) is 11.3 Å². The Bertz CT molecular complexity index is 1250. The summed E-state index contributed by atoms with van der Waals surface area (Å²) in [7, 11) is 0. The lowest BCUT2D eigenvalue weighted by Crippen LogP contribution is -2.58. The van der Waals surface area contributed by atoms with Gasteiger partial charge in [0.1, 0.15) is 23.9 Å². The molecule has 3 aromatic rings. The molecular formula is C27H32N6O6. The molecule has 0 saturated heterocycles. The average molecular weight is 537 g/mol. The number of carboxylic acids is 1. The molecule has 12 heteroatoms. The van der Waals surface area contributed by atoms with Crippen molar-refractivity contribution in [3.05, 3.63) is 83.9 Å². The summed E-state index contributed by atoms with van der Waals surface area (Å²) in [6.07, 6.45) is 3.23. The van der Waals surface area contributed by atoms with Crippen LogP contribution in [0.2, 0.25) is 0 Å². The van der Waals surface area contributed by atoms with Gasteiger partial charge in [0.2, 0.25) is 17.7 Å². The number of hydrogen-bond donors (Lipinski definition) is 7. The highest BCUT2D eigenvalue weighted by molar-refractivity contribution is 5.94. The molecule has 0 spiro atoms. The number of hydrogen-bond acceptors (Lipinski definition) is 7. The molecule has 39 heavy (non-hydrogen) atoms. The molecule has 0 aliphatic rings. The number of aliphatic carboxylic acids is 1. The van der Waals surface area contributed by atoms with Gasteiger partial charge in [0.25, 0.3) is 0 Å². The number of carboxylic acid groups (broad SMARTS) is 1. The van der Waals surface area contributed by atoms with Gasteiger partial charge in [-0.05, 0) is 36.6 Å². The van der Waals surface area contributed by atoms with E-state index in [4.69, 9.17) is 5.73 Å². The number of phenolic OH excluding ortho intramolecular Hbond substituents is 1. The second-order valence-corrected chi connectivity index (χ2v) is 9.14. The fourth-order valence-electron chi connectivity index (χ4n) is 3.79. The van der Waals surface area contributed by atoms with E-state index in [2.05, 4.69) is 25.9 Å².